The molecule has 0 saturated heterocycles. The van der Waals surface area contributed by atoms with Gasteiger partial charge in [0.05, 0.1) is 17.1 Å². The second-order valence-corrected chi connectivity index (χ2v) is 5.88. The molecule has 0 aromatic heterocycles. The Bertz CT molecular complexity index is 803. The number of carbonyl (C=O) groups excluding carboxylic acids is 1. The van der Waals surface area contributed by atoms with Crippen LogP contribution in [0.15, 0.2) is 42.5 Å². The van der Waals surface area contributed by atoms with Crippen molar-refractivity contribution in [1.29, 1.82) is 0 Å². The minimum atomic E-state index is -0.698. The Morgan fingerprint density at radius 3 is 2.79 bits per heavy atom. The lowest BCUT2D eigenvalue weighted by Gasteiger charge is -2.18. The Hall–Kier alpha value is -2.73. The number of amides is 1. The molecule has 2 aromatic rings. The standard InChI is InChI=1S/C18H18N2O4/c1-2-11-7-8-13(9-15(11)20(23)24)18(22)19-17-14-6-4-3-5-12(14)10-16(17)21/h3-9,16-17,21H,2,10H2,1H3,(H,19,22). The first-order chi connectivity index (χ1) is 11.5. The van der Waals surface area contributed by atoms with Crippen LogP contribution in [-0.2, 0) is 12.8 Å². The molecule has 2 N–H and O–H groups in total. The van der Waals surface area contributed by atoms with Crippen molar-refractivity contribution in [2.75, 3.05) is 0 Å². The fourth-order valence-corrected chi connectivity index (χ4v) is 3.15. The molecule has 124 valence electrons. The number of nitro groups is 1. The Labute approximate surface area is 139 Å². The zero-order valence-corrected chi connectivity index (χ0v) is 13.2. The van der Waals surface area contributed by atoms with Gasteiger partial charge in [-0.3, -0.25) is 14.9 Å². The molecule has 0 spiro atoms. The molecule has 0 heterocycles. The van der Waals surface area contributed by atoms with Gasteiger partial charge in [0.1, 0.15) is 0 Å². The van der Waals surface area contributed by atoms with Gasteiger partial charge in [0.25, 0.3) is 11.6 Å². The van der Waals surface area contributed by atoms with Crippen LogP contribution < -0.4 is 5.32 Å². The highest BCUT2D eigenvalue weighted by atomic mass is 16.6. The molecule has 0 aliphatic heterocycles. The number of nitrogens with zero attached hydrogens (tertiary/aromatic N) is 1. The number of nitrogens with one attached hydrogen (secondary N) is 1. The third-order valence-corrected chi connectivity index (χ3v) is 4.42. The summed E-state index contributed by atoms with van der Waals surface area (Å²) in [5.74, 6) is -0.429. The van der Waals surface area contributed by atoms with Crippen LogP contribution in [0.4, 0.5) is 5.69 Å². The lowest BCUT2D eigenvalue weighted by molar-refractivity contribution is -0.385. The van der Waals surface area contributed by atoms with E-state index in [-0.39, 0.29) is 11.3 Å². The molecule has 0 bridgehead atoms. The van der Waals surface area contributed by atoms with Crippen molar-refractivity contribution < 1.29 is 14.8 Å². The molecule has 6 heteroatoms. The zero-order valence-electron chi connectivity index (χ0n) is 13.2. The van der Waals surface area contributed by atoms with Crippen molar-refractivity contribution in [3.05, 3.63) is 74.8 Å². The van der Waals surface area contributed by atoms with Crippen molar-refractivity contribution in [3.63, 3.8) is 0 Å². The Kier molecular flexibility index (Phi) is 4.31. The van der Waals surface area contributed by atoms with Gasteiger partial charge in [0, 0.05) is 23.6 Å². The number of aliphatic hydroxyl groups excluding tert-OH is 1. The van der Waals surface area contributed by atoms with Crippen LogP contribution in [0.25, 0.3) is 0 Å². The highest BCUT2D eigenvalue weighted by molar-refractivity contribution is 5.95. The smallest absolute Gasteiger partial charge is 0.273 e. The van der Waals surface area contributed by atoms with Crippen molar-refractivity contribution in [2.45, 2.75) is 31.9 Å². The van der Waals surface area contributed by atoms with Gasteiger partial charge in [0.15, 0.2) is 0 Å². The van der Waals surface area contributed by atoms with E-state index in [4.69, 9.17) is 0 Å². The fraction of sp³-hybridized carbons (Fsp3) is 0.278. The molecular weight excluding hydrogens is 308 g/mol. The molecule has 0 fully saturated rings. The maximum absolute atomic E-state index is 12.5. The second kappa shape index (κ2) is 6.41. The number of nitro benzene ring substituents is 1. The number of aryl methyl sites for hydroxylation is 1. The van der Waals surface area contributed by atoms with E-state index in [1.807, 2.05) is 31.2 Å². The lowest BCUT2D eigenvalue weighted by atomic mass is 10.0. The monoisotopic (exact) mass is 326 g/mol. The fourth-order valence-electron chi connectivity index (χ4n) is 3.15. The molecule has 1 aliphatic rings. The predicted octanol–water partition coefficient (Wildman–Crippen LogP) is 2.55. The third kappa shape index (κ3) is 2.88. The zero-order chi connectivity index (χ0) is 17.3. The van der Waals surface area contributed by atoms with E-state index < -0.39 is 23.0 Å². The van der Waals surface area contributed by atoms with E-state index in [2.05, 4.69) is 5.32 Å². The quantitative estimate of drug-likeness (QED) is 0.667. The van der Waals surface area contributed by atoms with E-state index in [1.165, 1.54) is 6.07 Å². The van der Waals surface area contributed by atoms with Gasteiger partial charge in [-0.15, -0.1) is 0 Å². The van der Waals surface area contributed by atoms with Gasteiger partial charge in [-0.2, -0.15) is 0 Å². The highest BCUT2D eigenvalue weighted by Gasteiger charge is 2.32. The van der Waals surface area contributed by atoms with E-state index in [0.717, 1.165) is 11.1 Å². The number of hydrogen-bond acceptors (Lipinski definition) is 4. The molecule has 0 saturated carbocycles. The number of hydrogen-bond donors (Lipinski definition) is 2. The molecule has 6 nitrogen and oxygen atoms in total. The highest BCUT2D eigenvalue weighted by Crippen LogP contribution is 2.31. The minimum Gasteiger partial charge on any atom is -0.390 e. The number of rotatable bonds is 4. The number of fused-ring (bicyclic) bond motifs is 1. The summed E-state index contributed by atoms with van der Waals surface area (Å²) in [6.45, 7) is 1.83. The van der Waals surface area contributed by atoms with E-state index in [0.29, 0.717) is 18.4 Å². The van der Waals surface area contributed by atoms with Crippen LogP contribution in [0.5, 0.6) is 0 Å². The summed E-state index contributed by atoms with van der Waals surface area (Å²) in [6, 6.07) is 11.5. The van der Waals surface area contributed by atoms with E-state index in [9.17, 15) is 20.0 Å². The molecule has 1 amide bonds. The van der Waals surface area contributed by atoms with Gasteiger partial charge in [-0.25, -0.2) is 0 Å². The SMILES string of the molecule is CCc1ccc(C(=O)NC2c3ccccc3CC2O)cc1[N+](=O)[O-]. The molecule has 0 radical (unpaired) electrons. The summed E-state index contributed by atoms with van der Waals surface area (Å²) in [5, 5.41) is 24.2. The lowest BCUT2D eigenvalue weighted by Crippen LogP contribution is -2.33. The Morgan fingerprint density at radius 1 is 1.33 bits per heavy atom. The maximum Gasteiger partial charge on any atom is 0.273 e. The molecular formula is C18H18N2O4. The maximum atomic E-state index is 12.5. The summed E-state index contributed by atoms with van der Waals surface area (Å²) in [6.07, 6.45) is 0.305. The van der Waals surface area contributed by atoms with Crippen LogP contribution in [0, 0.1) is 10.1 Å². The van der Waals surface area contributed by atoms with Gasteiger partial charge in [0.2, 0.25) is 0 Å². The van der Waals surface area contributed by atoms with Crippen molar-refractivity contribution >= 4 is 11.6 Å². The van der Waals surface area contributed by atoms with Gasteiger partial charge in [-0.05, 0) is 23.6 Å². The van der Waals surface area contributed by atoms with Gasteiger partial charge >= 0.3 is 0 Å². The van der Waals surface area contributed by atoms with Crippen LogP contribution in [-0.4, -0.2) is 22.0 Å². The summed E-state index contributed by atoms with van der Waals surface area (Å²) in [4.78, 5) is 23.2. The second-order valence-electron chi connectivity index (χ2n) is 5.88. The van der Waals surface area contributed by atoms with Gasteiger partial charge < -0.3 is 10.4 Å². The average molecular weight is 326 g/mol. The van der Waals surface area contributed by atoms with Crippen molar-refractivity contribution in [2.24, 2.45) is 0 Å². The Morgan fingerprint density at radius 2 is 2.08 bits per heavy atom. The number of carbonyl (C=O) groups is 1. The van der Waals surface area contributed by atoms with Crippen LogP contribution >= 0.6 is 0 Å². The first-order valence-corrected chi connectivity index (χ1v) is 7.85. The molecule has 2 atom stereocenters. The van der Waals surface area contributed by atoms with Crippen molar-refractivity contribution in [3.8, 4) is 0 Å². The van der Waals surface area contributed by atoms with E-state index >= 15 is 0 Å². The topological polar surface area (TPSA) is 92.5 Å². The first kappa shape index (κ1) is 16.1. The summed E-state index contributed by atoms with van der Waals surface area (Å²) < 4.78 is 0. The van der Waals surface area contributed by atoms with Gasteiger partial charge in [-0.1, -0.05) is 37.3 Å². The largest absolute Gasteiger partial charge is 0.390 e. The average Bonchev–Trinajstić information content (AvgIpc) is 2.90. The van der Waals surface area contributed by atoms with E-state index in [1.54, 1.807) is 12.1 Å². The molecule has 2 aromatic carbocycles. The molecule has 2 unspecified atom stereocenters. The van der Waals surface area contributed by atoms with Crippen molar-refractivity contribution in [1.82, 2.24) is 5.32 Å². The third-order valence-electron chi connectivity index (χ3n) is 4.42. The van der Waals surface area contributed by atoms with Crippen LogP contribution in [0.3, 0.4) is 0 Å². The number of benzene rings is 2. The molecule has 3 rings (SSSR count). The molecule has 24 heavy (non-hydrogen) atoms. The van der Waals surface area contributed by atoms with Crippen LogP contribution in [0.2, 0.25) is 0 Å². The molecule has 1 aliphatic carbocycles. The normalized spacial score (nSPS) is 18.9. The summed E-state index contributed by atoms with van der Waals surface area (Å²) >= 11 is 0. The summed E-state index contributed by atoms with van der Waals surface area (Å²) in [5.41, 5.74) is 2.64. The Balaban J connectivity index is 1.86. The first-order valence-electron chi connectivity index (χ1n) is 7.85. The summed E-state index contributed by atoms with van der Waals surface area (Å²) in [7, 11) is 0. The number of aliphatic hydroxyl groups is 1. The predicted molar refractivity (Wildman–Crippen MR) is 88.8 cm³/mol. The minimum absolute atomic E-state index is 0.0579. The van der Waals surface area contributed by atoms with Crippen LogP contribution in [0.1, 0.15) is 40.0 Å².